The highest BCUT2D eigenvalue weighted by Crippen LogP contribution is 2.28. The second-order valence-corrected chi connectivity index (χ2v) is 8.32. The van der Waals surface area contributed by atoms with E-state index in [0.29, 0.717) is 47.1 Å². The standard InChI is InChI=1S/C25H26N6O4/c1-34-20-9-8-16(14-21(20)35-2)24(33)30-12-10-17(11-13-30)27-25-28-22-19(23(32)29-25)15-26-31(22)18-6-4-3-5-7-18/h3-9,14-15,17H,10-13H2,1-2H3,(H2,27,28,29,32). The van der Waals surface area contributed by atoms with Gasteiger partial charge >= 0.3 is 0 Å². The second kappa shape index (κ2) is 9.49. The third-order valence-corrected chi connectivity index (χ3v) is 6.19. The highest BCUT2D eigenvalue weighted by atomic mass is 16.5. The highest BCUT2D eigenvalue weighted by molar-refractivity contribution is 5.95. The van der Waals surface area contributed by atoms with Gasteiger partial charge in [-0.2, -0.15) is 10.1 Å². The SMILES string of the molecule is COc1ccc(C(=O)N2CCC(Nc3nc4c(cnn4-c4ccccc4)c(=O)[nH]3)CC2)cc1OC. The molecule has 2 N–H and O–H groups in total. The molecule has 10 nitrogen and oxygen atoms in total. The number of hydrogen-bond acceptors (Lipinski definition) is 7. The smallest absolute Gasteiger partial charge is 0.263 e. The summed E-state index contributed by atoms with van der Waals surface area (Å²) in [5, 5.41) is 8.10. The normalized spacial score (nSPS) is 14.2. The van der Waals surface area contributed by atoms with E-state index in [9.17, 15) is 9.59 Å². The minimum Gasteiger partial charge on any atom is -0.493 e. The number of H-pyrrole nitrogens is 1. The lowest BCUT2D eigenvalue weighted by Crippen LogP contribution is -2.42. The van der Waals surface area contributed by atoms with Crippen LogP contribution in [0.2, 0.25) is 0 Å². The molecule has 180 valence electrons. The van der Waals surface area contributed by atoms with Crippen LogP contribution in [0.15, 0.2) is 59.5 Å². The summed E-state index contributed by atoms with van der Waals surface area (Å²) in [6.07, 6.45) is 2.97. The number of carbonyl (C=O) groups excluding carboxylic acids is 1. The number of methoxy groups -OCH3 is 2. The topological polar surface area (TPSA) is 114 Å². The summed E-state index contributed by atoms with van der Waals surface area (Å²) >= 11 is 0. The highest BCUT2D eigenvalue weighted by Gasteiger charge is 2.25. The lowest BCUT2D eigenvalue weighted by atomic mass is 10.0. The summed E-state index contributed by atoms with van der Waals surface area (Å²) in [6.45, 7) is 1.17. The van der Waals surface area contributed by atoms with Crippen molar-refractivity contribution in [2.24, 2.45) is 0 Å². The van der Waals surface area contributed by atoms with Crippen LogP contribution in [0.5, 0.6) is 11.5 Å². The summed E-state index contributed by atoms with van der Waals surface area (Å²) < 4.78 is 12.2. The van der Waals surface area contributed by atoms with Gasteiger partial charge in [0, 0.05) is 24.7 Å². The molecule has 10 heteroatoms. The van der Waals surface area contributed by atoms with Crippen molar-refractivity contribution in [3.05, 3.63) is 70.6 Å². The number of nitrogens with one attached hydrogen (secondary N) is 2. The Bertz CT molecular complexity index is 1410. The van der Waals surface area contributed by atoms with Crippen molar-refractivity contribution >= 4 is 22.9 Å². The number of ether oxygens (including phenoxy) is 2. The van der Waals surface area contributed by atoms with Crippen molar-refractivity contribution < 1.29 is 14.3 Å². The Kier molecular flexibility index (Phi) is 6.09. The Hall–Kier alpha value is -4.34. The Morgan fingerprint density at radius 2 is 1.80 bits per heavy atom. The number of para-hydroxylation sites is 1. The number of aromatic nitrogens is 4. The molecule has 1 amide bonds. The average molecular weight is 475 g/mol. The number of piperidine rings is 1. The first-order chi connectivity index (χ1) is 17.1. The molecular formula is C25H26N6O4. The minimum absolute atomic E-state index is 0.0517. The van der Waals surface area contributed by atoms with Crippen LogP contribution in [0.25, 0.3) is 16.7 Å². The molecule has 0 aliphatic carbocycles. The molecule has 0 unspecified atom stereocenters. The van der Waals surface area contributed by atoms with E-state index in [4.69, 9.17) is 9.47 Å². The minimum atomic E-state index is -0.249. The molecule has 3 heterocycles. The zero-order chi connectivity index (χ0) is 24.4. The van der Waals surface area contributed by atoms with E-state index in [1.807, 2.05) is 35.2 Å². The quantitative estimate of drug-likeness (QED) is 0.442. The van der Waals surface area contributed by atoms with Crippen LogP contribution in [0, 0.1) is 0 Å². The van der Waals surface area contributed by atoms with E-state index in [2.05, 4.69) is 20.4 Å². The predicted molar refractivity (Wildman–Crippen MR) is 132 cm³/mol. The van der Waals surface area contributed by atoms with Crippen LogP contribution in [0.1, 0.15) is 23.2 Å². The summed E-state index contributed by atoms with van der Waals surface area (Å²) in [5.41, 5.74) is 1.62. The van der Waals surface area contributed by atoms with Crippen LogP contribution >= 0.6 is 0 Å². The molecule has 0 saturated carbocycles. The third-order valence-electron chi connectivity index (χ3n) is 6.19. The first kappa shape index (κ1) is 22.5. The summed E-state index contributed by atoms with van der Waals surface area (Å²) in [6, 6.07) is 14.8. The first-order valence-corrected chi connectivity index (χ1v) is 11.4. The van der Waals surface area contributed by atoms with Gasteiger partial charge in [-0.1, -0.05) is 18.2 Å². The monoisotopic (exact) mass is 474 g/mol. The number of nitrogens with zero attached hydrogens (tertiary/aromatic N) is 4. The number of hydrogen-bond donors (Lipinski definition) is 2. The van der Waals surface area contributed by atoms with Crippen LogP contribution in [-0.4, -0.2) is 63.9 Å². The first-order valence-electron chi connectivity index (χ1n) is 11.4. The van der Waals surface area contributed by atoms with E-state index in [1.165, 1.54) is 6.20 Å². The predicted octanol–water partition coefficient (Wildman–Crippen LogP) is 2.84. The molecule has 0 bridgehead atoms. The Morgan fingerprint density at radius 3 is 2.51 bits per heavy atom. The molecule has 1 aliphatic rings. The van der Waals surface area contributed by atoms with Gasteiger partial charge in [-0.15, -0.1) is 0 Å². The zero-order valence-electron chi connectivity index (χ0n) is 19.5. The van der Waals surface area contributed by atoms with Crippen molar-refractivity contribution in [1.29, 1.82) is 0 Å². The van der Waals surface area contributed by atoms with Crippen molar-refractivity contribution in [2.75, 3.05) is 32.6 Å². The van der Waals surface area contributed by atoms with Crippen molar-refractivity contribution in [3.8, 4) is 17.2 Å². The Morgan fingerprint density at radius 1 is 1.06 bits per heavy atom. The maximum Gasteiger partial charge on any atom is 0.263 e. The van der Waals surface area contributed by atoms with Crippen molar-refractivity contribution in [1.82, 2.24) is 24.6 Å². The number of carbonyl (C=O) groups is 1. The molecule has 0 radical (unpaired) electrons. The molecule has 0 spiro atoms. The second-order valence-electron chi connectivity index (χ2n) is 8.32. The molecule has 0 atom stereocenters. The number of fused-ring (bicyclic) bond motifs is 1. The van der Waals surface area contributed by atoms with Crippen LogP contribution in [-0.2, 0) is 0 Å². The number of rotatable bonds is 6. The number of likely N-dealkylation sites (tertiary alicyclic amines) is 1. The van der Waals surface area contributed by atoms with Gasteiger partial charge in [0.25, 0.3) is 11.5 Å². The van der Waals surface area contributed by atoms with Gasteiger partial charge in [-0.3, -0.25) is 14.6 Å². The summed E-state index contributed by atoms with van der Waals surface area (Å²) in [4.78, 5) is 34.9. The maximum absolute atomic E-state index is 13.0. The number of amides is 1. The molecule has 2 aromatic heterocycles. The van der Waals surface area contributed by atoms with Crippen LogP contribution in [0.3, 0.4) is 0 Å². The lowest BCUT2D eigenvalue weighted by Gasteiger charge is -2.32. The molecule has 1 saturated heterocycles. The van der Waals surface area contributed by atoms with Gasteiger partial charge < -0.3 is 19.7 Å². The van der Waals surface area contributed by atoms with E-state index < -0.39 is 0 Å². The van der Waals surface area contributed by atoms with E-state index >= 15 is 0 Å². The average Bonchev–Trinajstić information content (AvgIpc) is 3.33. The van der Waals surface area contributed by atoms with E-state index in [-0.39, 0.29) is 17.5 Å². The van der Waals surface area contributed by atoms with Gasteiger partial charge in [0.15, 0.2) is 17.1 Å². The van der Waals surface area contributed by atoms with Gasteiger partial charge in [0.2, 0.25) is 5.95 Å². The number of benzene rings is 2. The maximum atomic E-state index is 13.0. The van der Waals surface area contributed by atoms with Gasteiger partial charge in [0.05, 0.1) is 26.1 Å². The van der Waals surface area contributed by atoms with Gasteiger partial charge in [0.1, 0.15) is 5.39 Å². The summed E-state index contributed by atoms with van der Waals surface area (Å²) in [7, 11) is 3.11. The van der Waals surface area contributed by atoms with Crippen molar-refractivity contribution in [2.45, 2.75) is 18.9 Å². The largest absolute Gasteiger partial charge is 0.493 e. The van der Waals surface area contributed by atoms with Gasteiger partial charge in [-0.25, -0.2) is 4.68 Å². The molecule has 35 heavy (non-hydrogen) atoms. The molecule has 5 rings (SSSR count). The fraction of sp³-hybridized carbons (Fsp3) is 0.280. The molecule has 1 fully saturated rings. The van der Waals surface area contributed by atoms with Gasteiger partial charge in [-0.05, 0) is 43.2 Å². The third kappa shape index (κ3) is 4.42. The molecule has 2 aromatic carbocycles. The van der Waals surface area contributed by atoms with E-state index in [1.54, 1.807) is 37.1 Å². The molecule has 1 aliphatic heterocycles. The number of anilines is 1. The molecular weight excluding hydrogens is 448 g/mol. The van der Waals surface area contributed by atoms with Crippen LogP contribution < -0.4 is 20.3 Å². The van der Waals surface area contributed by atoms with Crippen molar-refractivity contribution in [3.63, 3.8) is 0 Å². The van der Waals surface area contributed by atoms with E-state index in [0.717, 1.165) is 18.5 Å². The number of aromatic amines is 1. The Labute approximate surface area is 201 Å². The fourth-order valence-electron chi connectivity index (χ4n) is 4.32. The zero-order valence-corrected chi connectivity index (χ0v) is 19.5. The Balaban J connectivity index is 1.28. The van der Waals surface area contributed by atoms with Crippen LogP contribution in [0.4, 0.5) is 5.95 Å². The summed E-state index contributed by atoms with van der Waals surface area (Å²) in [5.74, 6) is 1.45. The fourth-order valence-corrected chi connectivity index (χ4v) is 4.32. The molecule has 4 aromatic rings. The lowest BCUT2D eigenvalue weighted by molar-refractivity contribution is 0.0718.